The molecule has 0 atom stereocenters. The molecule has 3 rings (SSSR count). The molecular formula is C15H13ClN2O2S. The lowest BCUT2D eigenvalue weighted by Crippen LogP contribution is -2.25. The molecular weight excluding hydrogens is 308 g/mol. The summed E-state index contributed by atoms with van der Waals surface area (Å²) in [6.45, 7) is 0.586. The van der Waals surface area contributed by atoms with E-state index in [1.165, 1.54) is 16.3 Å². The number of thiophene rings is 1. The fourth-order valence-electron chi connectivity index (χ4n) is 2.21. The second-order valence-corrected chi connectivity index (χ2v) is 6.48. The molecule has 0 bridgehead atoms. The SMILES string of the molecule is O=C(Cc1cccc(O)c1)N1CCC(c2ccc(Cl)s2)=N1. The van der Waals surface area contributed by atoms with E-state index in [0.29, 0.717) is 6.54 Å². The first-order valence-corrected chi connectivity index (χ1v) is 7.73. The summed E-state index contributed by atoms with van der Waals surface area (Å²) >= 11 is 7.39. The van der Waals surface area contributed by atoms with Gasteiger partial charge in [0.05, 0.1) is 27.9 Å². The normalized spacial score (nSPS) is 14.3. The molecule has 1 aromatic carbocycles. The highest BCUT2D eigenvalue weighted by molar-refractivity contribution is 7.18. The Labute approximate surface area is 131 Å². The van der Waals surface area contributed by atoms with Crippen molar-refractivity contribution < 1.29 is 9.90 Å². The zero-order valence-electron chi connectivity index (χ0n) is 11.1. The van der Waals surface area contributed by atoms with E-state index in [-0.39, 0.29) is 18.1 Å². The highest BCUT2D eigenvalue weighted by Gasteiger charge is 2.22. The first-order chi connectivity index (χ1) is 10.1. The van der Waals surface area contributed by atoms with E-state index in [0.717, 1.165) is 26.9 Å². The Hall–Kier alpha value is -1.85. The number of benzene rings is 1. The van der Waals surface area contributed by atoms with Crippen molar-refractivity contribution in [2.75, 3.05) is 6.54 Å². The average Bonchev–Trinajstić information content (AvgIpc) is 3.07. The predicted molar refractivity (Wildman–Crippen MR) is 84.0 cm³/mol. The van der Waals surface area contributed by atoms with E-state index in [4.69, 9.17) is 11.6 Å². The van der Waals surface area contributed by atoms with Gasteiger partial charge in [-0.15, -0.1) is 11.3 Å². The first-order valence-electron chi connectivity index (χ1n) is 6.53. The average molecular weight is 321 g/mol. The van der Waals surface area contributed by atoms with E-state index in [2.05, 4.69) is 5.10 Å². The number of halogens is 1. The van der Waals surface area contributed by atoms with Crippen molar-refractivity contribution in [3.05, 3.63) is 51.2 Å². The van der Waals surface area contributed by atoms with Gasteiger partial charge in [0.25, 0.3) is 0 Å². The molecule has 4 nitrogen and oxygen atoms in total. The Morgan fingerprint density at radius 1 is 1.38 bits per heavy atom. The predicted octanol–water partition coefficient (Wildman–Crippen LogP) is 3.29. The third-order valence-electron chi connectivity index (χ3n) is 3.21. The lowest BCUT2D eigenvalue weighted by atomic mass is 10.1. The highest BCUT2D eigenvalue weighted by atomic mass is 35.5. The molecule has 1 aliphatic heterocycles. The van der Waals surface area contributed by atoms with E-state index < -0.39 is 0 Å². The largest absolute Gasteiger partial charge is 0.508 e. The number of phenols is 1. The van der Waals surface area contributed by atoms with Crippen LogP contribution >= 0.6 is 22.9 Å². The van der Waals surface area contributed by atoms with Crippen LogP contribution in [0.4, 0.5) is 0 Å². The van der Waals surface area contributed by atoms with Crippen molar-refractivity contribution in [3.63, 3.8) is 0 Å². The minimum atomic E-state index is -0.0711. The second-order valence-electron chi connectivity index (χ2n) is 4.76. The number of rotatable bonds is 3. The highest BCUT2D eigenvalue weighted by Crippen LogP contribution is 2.25. The lowest BCUT2D eigenvalue weighted by molar-refractivity contribution is -0.130. The van der Waals surface area contributed by atoms with E-state index in [9.17, 15) is 9.90 Å². The summed E-state index contributed by atoms with van der Waals surface area (Å²) in [4.78, 5) is 13.2. The van der Waals surface area contributed by atoms with Crippen LogP contribution in [-0.4, -0.2) is 28.3 Å². The molecule has 1 amide bonds. The number of carbonyl (C=O) groups excluding carboxylic acids is 1. The third-order valence-corrected chi connectivity index (χ3v) is 4.49. The molecule has 0 saturated heterocycles. The fourth-order valence-corrected chi connectivity index (χ4v) is 3.27. The molecule has 0 radical (unpaired) electrons. The molecule has 108 valence electrons. The van der Waals surface area contributed by atoms with E-state index in [1.54, 1.807) is 18.2 Å². The number of phenolic OH excluding ortho intramolecular Hbond substituents is 1. The number of hydrogen-bond donors (Lipinski definition) is 1. The van der Waals surface area contributed by atoms with E-state index >= 15 is 0 Å². The standard InChI is InChI=1S/C15H13ClN2O2S/c16-14-5-4-13(21-14)12-6-7-18(17-12)15(20)9-10-2-1-3-11(19)8-10/h1-5,8,19H,6-7,9H2. The van der Waals surface area contributed by atoms with Gasteiger partial charge in [-0.05, 0) is 29.8 Å². The number of aromatic hydroxyl groups is 1. The number of amides is 1. The van der Waals surface area contributed by atoms with Gasteiger partial charge in [-0.1, -0.05) is 23.7 Å². The summed E-state index contributed by atoms with van der Waals surface area (Å²) in [5.74, 6) is 0.0948. The van der Waals surface area contributed by atoms with Crippen LogP contribution in [0.25, 0.3) is 0 Å². The topological polar surface area (TPSA) is 52.9 Å². The Morgan fingerprint density at radius 2 is 2.24 bits per heavy atom. The zero-order valence-corrected chi connectivity index (χ0v) is 12.7. The van der Waals surface area contributed by atoms with Gasteiger partial charge in [0.15, 0.2) is 0 Å². The van der Waals surface area contributed by atoms with Crippen LogP contribution in [0.5, 0.6) is 5.75 Å². The van der Waals surface area contributed by atoms with Crippen LogP contribution in [0.1, 0.15) is 16.9 Å². The molecule has 0 aliphatic carbocycles. The van der Waals surface area contributed by atoms with Crippen LogP contribution in [0.2, 0.25) is 4.34 Å². The smallest absolute Gasteiger partial charge is 0.247 e. The Balaban J connectivity index is 1.70. The van der Waals surface area contributed by atoms with Crippen LogP contribution in [0.15, 0.2) is 41.5 Å². The summed E-state index contributed by atoms with van der Waals surface area (Å²) in [5, 5.41) is 15.3. The van der Waals surface area contributed by atoms with Gasteiger partial charge < -0.3 is 5.11 Å². The molecule has 21 heavy (non-hydrogen) atoms. The molecule has 0 unspecified atom stereocenters. The molecule has 0 fully saturated rings. The second kappa shape index (κ2) is 5.87. The molecule has 0 spiro atoms. The van der Waals surface area contributed by atoms with Crippen molar-refractivity contribution in [2.24, 2.45) is 5.10 Å². The Bertz CT molecular complexity index is 711. The van der Waals surface area contributed by atoms with Crippen molar-refractivity contribution in [2.45, 2.75) is 12.8 Å². The fraction of sp³-hybridized carbons (Fsp3) is 0.200. The maximum atomic E-state index is 12.2. The summed E-state index contributed by atoms with van der Waals surface area (Å²) < 4.78 is 0.720. The Morgan fingerprint density at radius 3 is 2.95 bits per heavy atom. The molecule has 2 heterocycles. The van der Waals surface area contributed by atoms with Gasteiger partial charge in [-0.3, -0.25) is 4.79 Å². The van der Waals surface area contributed by atoms with Crippen LogP contribution in [0.3, 0.4) is 0 Å². The number of carbonyl (C=O) groups is 1. The minimum Gasteiger partial charge on any atom is -0.508 e. The minimum absolute atomic E-state index is 0.0711. The van der Waals surface area contributed by atoms with Gasteiger partial charge in [0, 0.05) is 6.42 Å². The third kappa shape index (κ3) is 3.25. The summed E-state index contributed by atoms with van der Waals surface area (Å²) in [5.41, 5.74) is 1.68. The van der Waals surface area contributed by atoms with Crippen LogP contribution in [-0.2, 0) is 11.2 Å². The molecule has 0 saturated carbocycles. The molecule has 1 aromatic heterocycles. The van der Waals surface area contributed by atoms with Gasteiger partial charge in [-0.2, -0.15) is 5.10 Å². The Kier molecular flexibility index (Phi) is 3.94. The van der Waals surface area contributed by atoms with Gasteiger partial charge >= 0.3 is 0 Å². The molecule has 1 N–H and O–H groups in total. The number of hydrazone groups is 1. The number of nitrogens with zero attached hydrogens (tertiary/aromatic N) is 2. The lowest BCUT2D eigenvalue weighted by Gasteiger charge is -2.11. The maximum Gasteiger partial charge on any atom is 0.247 e. The quantitative estimate of drug-likeness (QED) is 0.943. The molecule has 2 aromatic rings. The first kappa shape index (κ1) is 14.1. The zero-order chi connectivity index (χ0) is 14.8. The van der Waals surface area contributed by atoms with Crippen LogP contribution < -0.4 is 0 Å². The molecule has 1 aliphatic rings. The van der Waals surface area contributed by atoms with Crippen molar-refractivity contribution in [3.8, 4) is 5.75 Å². The van der Waals surface area contributed by atoms with Crippen molar-refractivity contribution >= 4 is 34.6 Å². The maximum absolute atomic E-state index is 12.2. The monoisotopic (exact) mass is 320 g/mol. The van der Waals surface area contributed by atoms with Gasteiger partial charge in [0.2, 0.25) is 5.91 Å². The van der Waals surface area contributed by atoms with E-state index in [1.807, 2.05) is 18.2 Å². The summed E-state index contributed by atoms with van der Waals surface area (Å²) in [7, 11) is 0. The number of hydrogen-bond acceptors (Lipinski definition) is 4. The van der Waals surface area contributed by atoms with Gasteiger partial charge in [0.1, 0.15) is 5.75 Å². The van der Waals surface area contributed by atoms with Gasteiger partial charge in [-0.25, -0.2) is 5.01 Å². The van der Waals surface area contributed by atoms with Crippen molar-refractivity contribution in [1.82, 2.24) is 5.01 Å². The summed E-state index contributed by atoms with van der Waals surface area (Å²) in [6.07, 6.45) is 0.971. The van der Waals surface area contributed by atoms with Crippen molar-refractivity contribution in [1.29, 1.82) is 0 Å². The van der Waals surface area contributed by atoms with Crippen LogP contribution in [0, 0.1) is 0 Å². The summed E-state index contributed by atoms with van der Waals surface area (Å²) in [6, 6.07) is 10.5. The molecule has 6 heteroatoms.